The summed E-state index contributed by atoms with van der Waals surface area (Å²) in [4.78, 5) is 12.8. The van der Waals surface area contributed by atoms with Gasteiger partial charge in [-0.1, -0.05) is 48.5 Å². The van der Waals surface area contributed by atoms with Gasteiger partial charge < -0.3 is 10.1 Å². The monoisotopic (exact) mass is 343 g/mol. The molecule has 0 bridgehead atoms. The molecule has 0 aliphatic heterocycles. The Hall–Kier alpha value is -3.07. The molecule has 1 N–H and O–H groups in total. The number of hydrogen-bond acceptors (Lipinski definition) is 2. The Labute approximate surface area is 153 Å². The van der Waals surface area contributed by atoms with Crippen LogP contribution in [0.2, 0.25) is 0 Å². The second-order valence-electron chi connectivity index (χ2n) is 6.56. The third-order valence-electron chi connectivity index (χ3n) is 4.75. The van der Waals surface area contributed by atoms with Crippen molar-refractivity contribution >= 4 is 5.91 Å². The number of ether oxygens (including phenoxy) is 1. The number of carbonyl (C=O) groups is 1. The lowest BCUT2D eigenvalue weighted by Crippen LogP contribution is -2.30. The van der Waals surface area contributed by atoms with Crippen LogP contribution in [0, 0.1) is 0 Å². The van der Waals surface area contributed by atoms with Crippen LogP contribution >= 0.6 is 0 Å². The molecule has 3 heteroatoms. The molecule has 0 radical (unpaired) electrons. The average Bonchev–Trinajstić information content (AvgIpc) is 2.69. The first-order chi connectivity index (χ1) is 12.8. The van der Waals surface area contributed by atoms with E-state index in [-0.39, 0.29) is 11.9 Å². The molecular formula is C23H21NO2. The van der Waals surface area contributed by atoms with E-state index in [1.807, 2.05) is 54.6 Å². The van der Waals surface area contributed by atoms with Gasteiger partial charge in [0.15, 0.2) is 0 Å². The number of para-hydroxylation sites is 1. The van der Waals surface area contributed by atoms with Crippen molar-refractivity contribution in [2.45, 2.75) is 25.3 Å². The van der Waals surface area contributed by atoms with E-state index in [2.05, 4.69) is 23.5 Å². The highest BCUT2D eigenvalue weighted by Gasteiger charge is 2.22. The topological polar surface area (TPSA) is 38.3 Å². The van der Waals surface area contributed by atoms with Crippen LogP contribution in [-0.2, 0) is 6.42 Å². The van der Waals surface area contributed by atoms with Gasteiger partial charge in [-0.2, -0.15) is 0 Å². The molecule has 0 aromatic heterocycles. The summed E-state index contributed by atoms with van der Waals surface area (Å²) in [5.74, 6) is 1.35. The largest absolute Gasteiger partial charge is 0.457 e. The summed E-state index contributed by atoms with van der Waals surface area (Å²) in [6.07, 6.45) is 3.16. The summed E-state index contributed by atoms with van der Waals surface area (Å²) in [6.45, 7) is 0. The number of carbonyl (C=O) groups excluding carboxylic acids is 1. The fraction of sp³-hybridized carbons (Fsp3) is 0.174. The Morgan fingerprint density at radius 1 is 0.885 bits per heavy atom. The zero-order chi connectivity index (χ0) is 17.8. The molecule has 1 aliphatic carbocycles. The van der Waals surface area contributed by atoms with Gasteiger partial charge >= 0.3 is 0 Å². The number of hydrogen-bond donors (Lipinski definition) is 1. The fourth-order valence-corrected chi connectivity index (χ4v) is 3.47. The van der Waals surface area contributed by atoms with Gasteiger partial charge in [0.1, 0.15) is 11.5 Å². The molecule has 0 spiro atoms. The smallest absolute Gasteiger partial charge is 0.251 e. The Balaban J connectivity index is 1.50. The molecule has 4 rings (SSSR count). The average molecular weight is 343 g/mol. The molecule has 1 atom stereocenters. The summed E-state index contributed by atoms with van der Waals surface area (Å²) in [5, 5.41) is 3.19. The first-order valence-electron chi connectivity index (χ1n) is 9.01. The van der Waals surface area contributed by atoms with E-state index in [0.29, 0.717) is 11.3 Å². The summed E-state index contributed by atoms with van der Waals surface area (Å²) in [5.41, 5.74) is 3.19. The van der Waals surface area contributed by atoms with Crippen LogP contribution in [-0.4, -0.2) is 5.91 Å². The normalized spacial score (nSPS) is 15.8. The van der Waals surface area contributed by atoms with E-state index in [1.54, 1.807) is 6.07 Å². The number of rotatable bonds is 4. The molecule has 26 heavy (non-hydrogen) atoms. The fourth-order valence-electron chi connectivity index (χ4n) is 3.47. The molecule has 3 aromatic rings. The van der Waals surface area contributed by atoms with Crippen molar-refractivity contribution in [1.29, 1.82) is 0 Å². The molecule has 0 heterocycles. The molecule has 3 nitrogen and oxygen atoms in total. The van der Waals surface area contributed by atoms with Crippen molar-refractivity contribution in [2.75, 3.05) is 0 Å². The maximum atomic E-state index is 12.8. The zero-order valence-electron chi connectivity index (χ0n) is 14.5. The SMILES string of the molecule is O=C(N[C@@H]1CCCc2ccccc21)c1cccc(Oc2ccccc2)c1. The molecule has 1 aliphatic rings. The summed E-state index contributed by atoms with van der Waals surface area (Å²) >= 11 is 0. The lowest BCUT2D eigenvalue weighted by Gasteiger charge is -2.26. The minimum absolute atomic E-state index is 0.0646. The molecular weight excluding hydrogens is 322 g/mol. The summed E-state index contributed by atoms with van der Waals surface area (Å²) in [7, 11) is 0. The minimum Gasteiger partial charge on any atom is -0.457 e. The van der Waals surface area contributed by atoms with Crippen molar-refractivity contribution in [3.05, 3.63) is 95.6 Å². The lowest BCUT2D eigenvalue weighted by atomic mass is 9.87. The van der Waals surface area contributed by atoms with Gasteiger partial charge in [-0.25, -0.2) is 0 Å². The van der Waals surface area contributed by atoms with Gasteiger partial charge in [0, 0.05) is 5.56 Å². The van der Waals surface area contributed by atoms with Crippen molar-refractivity contribution < 1.29 is 9.53 Å². The highest BCUT2D eigenvalue weighted by Crippen LogP contribution is 2.30. The van der Waals surface area contributed by atoms with Crippen molar-refractivity contribution in [1.82, 2.24) is 5.32 Å². The van der Waals surface area contributed by atoms with E-state index in [4.69, 9.17) is 4.74 Å². The van der Waals surface area contributed by atoms with Gasteiger partial charge in [0.05, 0.1) is 6.04 Å². The highest BCUT2D eigenvalue weighted by atomic mass is 16.5. The quantitative estimate of drug-likeness (QED) is 0.699. The lowest BCUT2D eigenvalue weighted by molar-refractivity contribution is 0.0932. The van der Waals surface area contributed by atoms with Crippen LogP contribution in [0.25, 0.3) is 0 Å². The molecule has 1 amide bonds. The molecule has 0 fully saturated rings. The number of fused-ring (bicyclic) bond motifs is 1. The Morgan fingerprint density at radius 2 is 1.65 bits per heavy atom. The Morgan fingerprint density at radius 3 is 2.54 bits per heavy atom. The van der Waals surface area contributed by atoms with E-state index in [0.717, 1.165) is 25.0 Å². The number of aryl methyl sites for hydroxylation is 1. The first-order valence-corrected chi connectivity index (χ1v) is 9.01. The number of benzene rings is 3. The summed E-state index contributed by atoms with van der Waals surface area (Å²) < 4.78 is 5.84. The van der Waals surface area contributed by atoms with Crippen LogP contribution in [0.3, 0.4) is 0 Å². The first kappa shape index (κ1) is 16.4. The van der Waals surface area contributed by atoms with E-state index >= 15 is 0 Å². The van der Waals surface area contributed by atoms with Crippen molar-refractivity contribution in [3.8, 4) is 11.5 Å². The zero-order valence-corrected chi connectivity index (χ0v) is 14.5. The molecule has 130 valence electrons. The van der Waals surface area contributed by atoms with Gasteiger partial charge in [-0.3, -0.25) is 4.79 Å². The standard InChI is InChI=1S/C23H21NO2/c25-23(24-22-15-7-9-17-8-4-5-14-21(17)22)18-10-6-13-20(16-18)26-19-11-2-1-3-12-19/h1-6,8,10-14,16,22H,7,9,15H2,(H,24,25)/t22-/m1/s1. The van der Waals surface area contributed by atoms with E-state index in [9.17, 15) is 4.79 Å². The van der Waals surface area contributed by atoms with Crippen LogP contribution in [0.1, 0.15) is 40.4 Å². The number of nitrogens with one attached hydrogen (secondary N) is 1. The van der Waals surface area contributed by atoms with E-state index < -0.39 is 0 Å². The molecule has 0 saturated carbocycles. The summed E-state index contributed by atoms with van der Waals surface area (Å²) in [6, 6.07) is 25.3. The maximum absolute atomic E-state index is 12.8. The van der Waals surface area contributed by atoms with Gasteiger partial charge in [0.25, 0.3) is 5.91 Å². The van der Waals surface area contributed by atoms with Crippen LogP contribution < -0.4 is 10.1 Å². The van der Waals surface area contributed by atoms with Crippen molar-refractivity contribution in [3.63, 3.8) is 0 Å². The minimum atomic E-state index is -0.0646. The molecule has 0 saturated heterocycles. The third kappa shape index (κ3) is 3.62. The second-order valence-corrected chi connectivity index (χ2v) is 6.56. The Bertz CT molecular complexity index is 905. The van der Waals surface area contributed by atoms with Gasteiger partial charge in [-0.05, 0) is 60.7 Å². The van der Waals surface area contributed by atoms with Gasteiger partial charge in [0.2, 0.25) is 0 Å². The molecule has 0 unspecified atom stereocenters. The number of amides is 1. The van der Waals surface area contributed by atoms with Crippen LogP contribution in [0.15, 0.2) is 78.9 Å². The predicted octanol–water partition coefficient (Wildman–Crippen LogP) is 5.29. The van der Waals surface area contributed by atoms with Crippen LogP contribution in [0.5, 0.6) is 11.5 Å². The predicted molar refractivity (Wildman–Crippen MR) is 103 cm³/mol. The maximum Gasteiger partial charge on any atom is 0.251 e. The van der Waals surface area contributed by atoms with E-state index in [1.165, 1.54) is 11.1 Å². The second kappa shape index (κ2) is 7.44. The Kier molecular flexibility index (Phi) is 4.69. The highest BCUT2D eigenvalue weighted by molar-refractivity contribution is 5.94. The van der Waals surface area contributed by atoms with Crippen molar-refractivity contribution in [2.24, 2.45) is 0 Å². The molecule has 3 aromatic carbocycles. The van der Waals surface area contributed by atoms with Crippen LogP contribution in [0.4, 0.5) is 0 Å². The van der Waals surface area contributed by atoms with Gasteiger partial charge in [-0.15, -0.1) is 0 Å². The third-order valence-corrected chi connectivity index (χ3v) is 4.75.